The quantitative estimate of drug-likeness (QED) is 0.794. The van der Waals surface area contributed by atoms with E-state index in [2.05, 4.69) is 5.32 Å². The predicted octanol–water partition coefficient (Wildman–Crippen LogP) is 1.63. The maximum absolute atomic E-state index is 12.6. The molecule has 0 aromatic heterocycles. The van der Waals surface area contributed by atoms with Crippen LogP contribution in [0.5, 0.6) is 11.5 Å². The van der Waals surface area contributed by atoms with Crippen molar-refractivity contribution in [3.8, 4) is 11.5 Å². The summed E-state index contributed by atoms with van der Waals surface area (Å²) in [5.41, 5.74) is 0.790. The molecule has 28 heavy (non-hydrogen) atoms. The highest BCUT2D eigenvalue weighted by molar-refractivity contribution is 7.96. The molecule has 0 radical (unpaired) electrons. The van der Waals surface area contributed by atoms with Gasteiger partial charge in [-0.05, 0) is 42.8 Å². The van der Waals surface area contributed by atoms with Crippen LogP contribution in [-0.2, 0) is 19.7 Å². The summed E-state index contributed by atoms with van der Waals surface area (Å²) in [4.78, 5) is 12.4. The summed E-state index contributed by atoms with van der Waals surface area (Å²) >= 11 is 0. The third-order valence-corrected chi connectivity index (χ3v) is 8.89. The number of anilines is 1. The van der Waals surface area contributed by atoms with Crippen LogP contribution in [0.2, 0.25) is 0 Å². The zero-order valence-electron chi connectivity index (χ0n) is 14.6. The van der Waals surface area contributed by atoms with Crippen molar-refractivity contribution in [2.45, 2.75) is 16.6 Å². The van der Waals surface area contributed by atoms with Gasteiger partial charge in [0.1, 0.15) is 0 Å². The van der Waals surface area contributed by atoms with Crippen molar-refractivity contribution in [3.05, 3.63) is 48.0 Å². The zero-order chi connectivity index (χ0) is 19.9. The molecule has 10 heteroatoms. The van der Waals surface area contributed by atoms with Gasteiger partial charge in [-0.15, -0.1) is 0 Å². The average molecular weight is 423 g/mol. The molecule has 2 aliphatic heterocycles. The van der Waals surface area contributed by atoms with Crippen molar-refractivity contribution in [3.63, 3.8) is 0 Å². The first-order valence-corrected chi connectivity index (χ1v) is 11.9. The van der Waals surface area contributed by atoms with Crippen molar-refractivity contribution >= 4 is 31.3 Å². The minimum Gasteiger partial charge on any atom is -0.454 e. The first-order valence-electron chi connectivity index (χ1n) is 8.50. The molecule has 1 amide bonds. The number of hydrogen-bond donors (Lipinski definition) is 1. The van der Waals surface area contributed by atoms with Crippen molar-refractivity contribution in [2.75, 3.05) is 23.6 Å². The minimum atomic E-state index is -3.76. The molecule has 1 N–H and O–H groups in total. The van der Waals surface area contributed by atoms with Crippen molar-refractivity contribution in [2.24, 2.45) is 0 Å². The number of nitrogens with one attached hydrogen (secondary N) is 1. The first kappa shape index (κ1) is 18.8. The van der Waals surface area contributed by atoms with E-state index in [1.807, 2.05) is 0 Å². The maximum atomic E-state index is 12.6. The van der Waals surface area contributed by atoms with Gasteiger partial charge < -0.3 is 14.8 Å². The van der Waals surface area contributed by atoms with E-state index in [0.717, 1.165) is 0 Å². The van der Waals surface area contributed by atoms with Crippen LogP contribution in [0.1, 0.15) is 16.8 Å². The molecule has 0 saturated carbocycles. The second-order valence-electron chi connectivity index (χ2n) is 6.62. The number of benzene rings is 2. The van der Waals surface area contributed by atoms with Gasteiger partial charge in [0, 0.05) is 17.3 Å². The van der Waals surface area contributed by atoms with Crippen LogP contribution in [0, 0.1) is 0 Å². The van der Waals surface area contributed by atoms with E-state index < -0.39 is 30.8 Å². The number of rotatable bonds is 4. The summed E-state index contributed by atoms with van der Waals surface area (Å²) in [6, 6.07) is 10.5. The monoisotopic (exact) mass is 423 g/mol. The first-order chi connectivity index (χ1) is 13.2. The summed E-state index contributed by atoms with van der Waals surface area (Å²) in [7, 11) is -7.07. The van der Waals surface area contributed by atoms with Crippen LogP contribution in [0.25, 0.3) is 0 Å². The number of ether oxygens (including phenoxy) is 2. The molecule has 2 aromatic rings. The molecule has 4 rings (SSSR count). The number of carbonyl (C=O) groups excluding carboxylic acids is 1. The molecule has 0 aliphatic carbocycles. The van der Waals surface area contributed by atoms with Gasteiger partial charge in [0.05, 0.1) is 21.7 Å². The van der Waals surface area contributed by atoms with Crippen molar-refractivity contribution in [1.82, 2.24) is 0 Å². The predicted molar refractivity (Wildman–Crippen MR) is 101 cm³/mol. The molecule has 2 heterocycles. The van der Waals surface area contributed by atoms with E-state index in [1.165, 1.54) is 24.3 Å². The van der Waals surface area contributed by atoms with Gasteiger partial charge in [0.25, 0.3) is 5.91 Å². The summed E-state index contributed by atoms with van der Waals surface area (Å²) < 4.78 is 58.8. The van der Waals surface area contributed by atoms with Gasteiger partial charge in [-0.2, -0.15) is 0 Å². The lowest BCUT2D eigenvalue weighted by Crippen LogP contribution is -2.22. The Labute approximate surface area is 162 Å². The zero-order valence-corrected chi connectivity index (χ0v) is 16.3. The molecule has 148 valence electrons. The van der Waals surface area contributed by atoms with Gasteiger partial charge >= 0.3 is 0 Å². The van der Waals surface area contributed by atoms with Crippen LogP contribution in [0.4, 0.5) is 5.69 Å². The Morgan fingerprint density at radius 1 is 1.04 bits per heavy atom. The SMILES string of the molecule is O=C(Nc1ccc2c(c1)OCO2)c1ccc(S(=O)(=O)[C@@H]2CCS(=O)(=O)C2)cc1. The second-order valence-corrected chi connectivity index (χ2v) is 11.1. The highest BCUT2D eigenvalue weighted by atomic mass is 32.2. The molecular formula is C18H17NO7S2. The molecule has 0 unspecified atom stereocenters. The molecule has 1 fully saturated rings. The molecule has 0 bridgehead atoms. The van der Waals surface area contributed by atoms with Crippen LogP contribution in [0.3, 0.4) is 0 Å². The fraction of sp³-hybridized carbons (Fsp3) is 0.278. The van der Waals surface area contributed by atoms with Gasteiger partial charge in [0.2, 0.25) is 6.79 Å². The minimum absolute atomic E-state index is 0.00855. The van der Waals surface area contributed by atoms with Gasteiger partial charge in [-0.1, -0.05) is 0 Å². The smallest absolute Gasteiger partial charge is 0.255 e. The van der Waals surface area contributed by atoms with Gasteiger partial charge in [-0.25, -0.2) is 16.8 Å². The largest absolute Gasteiger partial charge is 0.454 e. The number of carbonyl (C=O) groups is 1. The van der Waals surface area contributed by atoms with E-state index in [4.69, 9.17) is 9.47 Å². The highest BCUT2D eigenvalue weighted by Crippen LogP contribution is 2.34. The highest BCUT2D eigenvalue weighted by Gasteiger charge is 2.38. The maximum Gasteiger partial charge on any atom is 0.255 e. The van der Waals surface area contributed by atoms with E-state index in [-0.39, 0.29) is 35.2 Å². The third kappa shape index (κ3) is 3.57. The van der Waals surface area contributed by atoms with Crippen LogP contribution in [-0.4, -0.2) is 46.3 Å². The fourth-order valence-corrected chi connectivity index (χ4v) is 7.53. The number of amides is 1. The molecule has 2 aliphatic rings. The Morgan fingerprint density at radius 2 is 1.75 bits per heavy atom. The van der Waals surface area contributed by atoms with Crippen LogP contribution in [0.15, 0.2) is 47.4 Å². The number of sulfone groups is 2. The van der Waals surface area contributed by atoms with E-state index in [9.17, 15) is 21.6 Å². The third-order valence-electron chi connectivity index (χ3n) is 4.70. The topological polar surface area (TPSA) is 116 Å². The average Bonchev–Trinajstić information content (AvgIpc) is 3.27. The van der Waals surface area contributed by atoms with Gasteiger partial charge in [0.15, 0.2) is 31.2 Å². The van der Waals surface area contributed by atoms with E-state index in [1.54, 1.807) is 18.2 Å². The lowest BCUT2D eigenvalue weighted by atomic mass is 10.2. The van der Waals surface area contributed by atoms with Crippen molar-refractivity contribution in [1.29, 1.82) is 0 Å². The van der Waals surface area contributed by atoms with E-state index >= 15 is 0 Å². The Kier molecular flexibility index (Phi) is 4.54. The number of hydrogen-bond acceptors (Lipinski definition) is 7. The number of fused-ring (bicyclic) bond motifs is 1. The Balaban J connectivity index is 1.49. The molecule has 0 spiro atoms. The molecular weight excluding hydrogens is 406 g/mol. The normalized spacial score (nSPS) is 20.1. The van der Waals surface area contributed by atoms with E-state index in [0.29, 0.717) is 17.2 Å². The Morgan fingerprint density at radius 3 is 2.43 bits per heavy atom. The molecule has 8 nitrogen and oxygen atoms in total. The van der Waals surface area contributed by atoms with Crippen LogP contribution >= 0.6 is 0 Å². The summed E-state index contributed by atoms with van der Waals surface area (Å²) in [6.45, 7) is 0.130. The van der Waals surface area contributed by atoms with Gasteiger partial charge in [-0.3, -0.25) is 4.79 Å². The van der Waals surface area contributed by atoms with Crippen LogP contribution < -0.4 is 14.8 Å². The summed E-state index contributed by atoms with van der Waals surface area (Å²) in [5.74, 6) is 0.243. The molecule has 2 aromatic carbocycles. The molecule has 1 saturated heterocycles. The second kappa shape index (κ2) is 6.78. The lowest BCUT2D eigenvalue weighted by molar-refractivity contribution is 0.102. The lowest BCUT2D eigenvalue weighted by Gasteiger charge is -2.11. The summed E-state index contributed by atoms with van der Waals surface area (Å²) in [6.07, 6.45) is 0.0943. The fourth-order valence-electron chi connectivity index (χ4n) is 3.17. The standard InChI is InChI=1S/C18H17NO7S2/c20-18(19-13-3-6-16-17(9-13)26-11-25-16)12-1-4-14(5-2-12)28(23,24)15-7-8-27(21,22)10-15/h1-6,9,15H,7-8,10-11H2,(H,19,20)/t15-/m1/s1. The van der Waals surface area contributed by atoms with Crippen molar-refractivity contribution < 1.29 is 31.1 Å². The Bertz CT molecular complexity index is 1140. The Hall–Kier alpha value is -2.59. The molecule has 1 atom stereocenters. The summed E-state index contributed by atoms with van der Waals surface area (Å²) in [5, 5.41) is 1.77.